The van der Waals surface area contributed by atoms with Crippen LogP contribution >= 0.6 is 0 Å². The Morgan fingerprint density at radius 2 is 1.86 bits per heavy atom. The minimum absolute atomic E-state index is 0.157. The maximum atomic E-state index is 12.9. The molecule has 4 nitrogen and oxygen atoms in total. The number of likely N-dealkylation sites (tertiary alicyclic amines) is 1. The zero-order chi connectivity index (χ0) is 14.9. The number of benzene rings is 1. The van der Waals surface area contributed by atoms with Crippen molar-refractivity contribution in [1.29, 1.82) is 0 Å². The van der Waals surface area contributed by atoms with Gasteiger partial charge in [0.25, 0.3) is 0 Å². The molecule has 1 atom stereocenters. The smallest absolute Gasteiger partial charge is 0.226 e. The summed E-state index contributed by atoms with van der Waals surface area (Å²) in [5, 5.41) is 0. The molecule has 0 spiro atoms. The standard InChI is InChI=1S/C18H23NO3/c20-18(13-5-1-2-6-13)19-10-4-8-15(19)14-7-3-9-16-17(14)22-12-11-21-16/h3,7,9,13,15H,1-2,4-6,8,10-12H2/t15-/m1/s1. The monoisotopic (exact) mass is 301 g/mol. The molecule has 0 unspecified atom stereocenters. The molecule has 1 saturated carbocycles. The summed E-state index contributed by atoms with van der Waals surface area (Å²) in [4.78, 5) is 15.0. The quantitative estimate of drug-likeness (QED) is 0.841. The van der Waals surface area contributed by atoms with Crippen molar-refractivity contribution in [2.75, 3.05) is 19.8 Å². The summed E-state index contributed by atoms with van der Waals surface area (Å²) in [6.07, 6.45) is 6.63. The number of carbonyl (C=O) groups is 1. The van der Waals surface area contributed by atoms with E-state index in [1.54, 1.807) is 0 Å². The molecule has 2 heterocycles. The second-order valence-electron chi connectivity index (χ2n) is 6.54. The van der Waals surface area contributed by atoms with Crippen molar-refractivity contribution < 1.29 is 14.3 Å². The van der Waals surface area contributed by atoms with E-state index in [4.69, 9.17) is 9.47 Å². The highest BCUT2D eigenvalue weighted by atomic mass is 16.6. The number of amides is 1. The van der Waals surface area contributed by atoms with E-state index in [1.807, 2.05) is 12.1 Å². The van der Waals surface area contributed by atoms with Crippen LogP contribution in [0.25, 0.3) is 0 Å². The molecule has 4 heteroatoms. The van der Waals surface area contributed by atoms with Gasteiger partial charge in [-0.25, -0.2) is 0 Å². The number of carbonyl (C=O) groups excluding carboxylic acids is 1. The van der Waals surface area contributed by atoms with Gasteiger partial charge in [-0.1, -0.05) is 25.0 Å². The molecule has 0 aromatic heterocycles. The van der Waals surface area contributed by atoms with Crippen LogP contribution in [0.3, 0.4) is 0 Å². The average Bonchev–Trinajstić information content (AvgIpc) is 3.25. The van der Waals surface area contributed by atoms with Crippen LogP contribution in [-0.2, 0) is 4.79 Å². The third kappa shape index (κ3) is 2.34. The van der Waals surface area contributed by atoms with Crippen molar-refractivity contribution in [1.82, 2.24) is 4.90 Å². The molecule has 2 fully saturated rings. The van der Waals surface area contributed by atoms with Gasteiger partial charge in [-0.15, -0.1) is 0 Å². The predicted molar refractivity (Wildman–Crippen MR) is 83.1 cm³/mol. The Morgan fingerprint density at radius 1 is 1.05 bits per heavy atom. The lowest BCUT2D eigenvalue weighted by atomic mass is 10.0. The second kappa shape index (κ2) is 5.82. The topological polar surface area (TPSA) is 38.8 Å². The highest BCUT2D eigenvalue weighted by molar-refractivity contribution is 5.80. The fourth-order valence-corrected chi connectivity index (χ4v) is 4.12. The summed E-state index contributed by atoms with van der Waals surface area (Å²) in [7, 11) is 0. The number of hydrogen-bond donors (Lipinski definition) is 0. The van der Waals surface area contributed by atoms with Gasteiger partial charge in [0.05, 0.1) is 6.04 Å². The van der Waals surface area contributed by atoms with Gasteiger partial charge >= 0.3 is 0 Å². The van der Waals surface area contributed by atoms with Crippen LogP contribution < -0.4 is 9.47 Å². The van der Waals surface area contributed by atoms with Crippen molar-refractivity contribution in [2.24, 2.45) is 5.92 Å². The largest absolute Gasteiger partial charge is 0.486 e. The molecule has 1 aliphatic carbocycles. The first-order valence-corrected chi connectivity index (χ1v) is 8.53. The molecule has 4 rings (SSSR count). The van der Waals surface area contributed by atoms with E-state index >= 15 is 0 Å². The Hall–Kier alpha value is -1.71. The van der Waals surface area contributed by atoms with E-state index in [9.17, 15) is 4.79 Å². The number of ether oxygens (including phenoxy) is 2. The number of rotatable bonds is 2. The van der Waals surface area contributed by atoms with Crippen molar-refractivity contribution in [2.45, 2.75) is 44.6 Å². The Bertz CT molecular complexity index is 565. The van der Waals surface area contributed by atoms with Gasteiger partial charge in [-0.3, -0.25) is 4.79 Å². The van der Waals surface area contributed by atoms with Crippen molar-refractivity contribution in [3.8, 4) is 11.5 Å². The maximum absolute atomic E-state index is 12.9. The van der Waals surface area contributed by atoms with Crippen molar-refractivity contribution in [3.05, 3.63) is 23.8 Å². The summed E-state index contributed by atoms with van der Waals surface area (Å²) >= 11 is 0. The van der Waals surface area contributed by atoms with Crippen LogP contribution in [0.5, 0.6) is 11.5 Å². The molecule has 1 saturated heterocycles. The molecule has 0 bridgehead atoms. The zero-order valence-corrected chi connectivity index (χ0v) is 12.9. The Balaban J connectivity index is 1.62. The molecule has 3 aliphatic rings. The Labute approximate surface area is 131 Å². The lowest BCUT2D eigenvalue weighted by Crippen LogP contribution is -2.35. The molecule has 2 aliphatic heterocycles. The third-order valence-corrected chi connectivity index (χ3v) is 5.20. The first kappa shape index (κ1) is 13.9. The highest BCUT2D eigenvalue weighted by Gasteiger charge is 2.37. The van der Waals surface area contributed by atoms with Crippen molar-refractivity contribution in [3.63, 3.8) is 0 Å². The van der Waals surface area contributed by atoms with Crippen LogP contribution in [0.1, 0.15) is 50.1 Å². The third-order valence-electron chi connectivity index (χ3n) is 5.20. The van der Waals surface area contributed by atoms with Gasteiger partial charge in [0, 0.05) is 18.0 Å². The van der Waals surface area contributed by atoms with Gasteiger partial charge in [-0.05, 0) is 31.7 Å². The van der Waals surface area contributed by atoms with Gasteiger partial charge in [0.2, 0.25) is 5.91 Å². The summed E-state index contributed by atoms with van der Waals surface area (Å²) in [5.74, 6) is 2.28. The van der Waals surface area contributed by atoms with Crippen molar-refractivity contribution >= 4 is 5.91 Å². The SMILES string of the molecule is O=C(C1CCCC1)N1CCC[C@@H]1c1cccc2c1OCCO2. The van der Waals surface area contributed by atoms with E-state index in [-0.39, 0.29) is 12.0 Å². The van der Waals surface area contributed by atoms with Crippen LogP contribution in [0, 0.1) is 5.92 Å². The summed E-state index contributed by atoms with van der Waals surface area (Å²) in [5.41, 5.74) is 1.13. The molecule has 1 amide bonds. The van der Waals surface area contributed by atoms with Gasteiger partial charge in [0.15, 0.2) is 11.5 Å². The normalized spacial score (nSPS) is 24.7. The fourth-order valence-electron chi connectivity index (χ4n) is 4.12. The first-order chi connectivity index (χ1) is 10.8. The van der Waals surface area contributed by atoms with Gasteiger partial charge in [-0.2, -0.15) is 0 Å². The van der Waals surface area contributed by atoms with Gasteiger partial charge < -0.3 is 14.4 Å². The molecule has 0 N–H and O–H groups in total. The Morgan fingerprint density at radius 3 is 2.73 bits per heavy atom. The average molecular weight is 301 g/mol. The first-order valence-electron chi connectivity index (χ1n) is 8.53. The zero-order valence-electron chi connectivity index (χ0n) is 12.9. The highest BCUT2D eigenvalue weighted by Crippen LogP contribution is 2.43. The van der Waals surface area contributed by atoms with E-state index < -0.39 is 0 Å². The molecule has 1 aromatic carbocycles. The summed E-state index contributed by atoms with van der Waals surface area (Å²) < 4.78 is 11.5. The van der Waals surface area contributed by atoms with E-state index in [0.717, 1.165) is 49.3 Å². The van der Waals surface area contributed by atoms with Crippen LogP contribution in [0.2, 0.25) is 0 Å². The predicted octanol–water partition coefficient (Wildman–Crippen LogP) is 3.31. The lowest BCUT2D eigenvalue weighted by molar-refractivity contribution is -0.136. The molecule has 0 radical (unpaired) electrons. The number of hydrogen-bond acceptors (Lipinski definition) is 3. The second-order valence-corrected chi connectivity index (χ2v) is 6.54. The fraction of sp³-hybridized carbons (Fsp3) is 0.611. The van der Waals surface area contributed by atoms with Gasteiger partial charge in [0.1, 0.15) is 13.2 Å². The number of fused-ring (bicyclic) bond motifs is 1. The maximum Gasteiger partial charge on any atom is 0.226 e. The minimum atomic E-state index is 0.157. The molecule has 118 valence electrons. The van der Waals surface area contributed by atoms with Crippen LogP contribution in [-0.4, -0.2) is 30.6 Å². The van der Waals surface area contributed by atoms with Crippen LogP contribution in [0.4, 0.5) is 0 Å². The molecular weight excluding hydrogens is 278 g/mol. The van der Waals surface area contributed by atoms with E-state index in [0.29, 0.717) is 19.1 Å². The summed E-state index contributed by atoms with van der Waals surface area (Å²) in [6, 6.07) is 6.22. The lowest BCUT2D eigenvalue weighted by Gasteiger charge is -2.30. The summed E-state index contributed by atoms with van der Waals surface area (Å²) in [6.45, 7) is 2.07. The minimum Gasteiger partial charge on any atom is -0.486 e. The van der Waals surface area contributed by atoms with Crippen LogP contribution in [0.15, 0.2) is 18.2 Å². The number of para-hydroxylation sites is 1. The molecule has 1 aromatic rings. The number of nitrogens with zero attached hydrogens (tertiary/aromatic N) is 1. The van der Waals surface area contributed by atoms with E-state index in [2.05, 4.69) is 11.0 Å². The molecule has 22 heavy (non-hydrogen) atoms. The van der Waals surface area contributed by atoms with E-state index in [1.165, 1.54) is 12.8 Å². The molecular formula is C18H23NO3. The Kier molecular flexibility index (Phi) is 3.68.